The third-order valence-corrected chi connectivity index (χ3v) is 5.15. The molecular formula is C23H23N3O6. The molecule has 2 aromatic rings. The van der Waals surface area contributed by atoms with Crippen LogP contribution in [0.3, 0.4) is 0 Å². The van der Waals surface area contributed by atoms with Crippen molar-refractivity contribution in [1.29, 1.82) is 0 Å². The summed E-state index contributed by atoms with van der Waals surface area (Å²) < 4.78 is 15.8. The molecular weight excluding hydrogens is 414 g/mol. The molecule has 2 aromatic carbocycles. The van der Waals surface area contributed by atoms with E-state index >= 15 is 0 Å². The van der Waals surface area contributed by atoms with E-state index in [1.165, 1.54) is 11.9 Å². The Labute approximate surface area is 184 Å². The molecule has 0 saturated carbocycles. The van der Waals surface area contributed by atoms with Crippen LogP contribution in [0.15, 0.2) is 41.5 Å². The summed E-state index contributed by atoms with van der Waals surface area (Å²) in [6.07, 6.45) is -0.795. The van der Waals surface area contributed by atoms with Crippen molar-refractivity contribution in [1.82, 2.24) is 0 Å². The van der Waals surface area contributed by atoms with Crippen LogP contribution < -0.4 is 19.8 Å². The Morgan fingerprint density at radius 2 is 1.88 bits per heavy atom. The van der Waals surface area contributed by atoms with Crippen LogP contribution in [-0.2, 0) is 19.1 Å². The van der Waals surface area contributed by atoms with Crippen molar-refractivity contribution in [2.75, 3.05) is 17.1 Å². The van der Waals surface area contributed by atoms with E-state index in [4.69, 9.17) is 14.2 Å². The SMILES string of the molecule is Cc1ccc(C)c(N2N=C(C(=O)OC(C)C(=O)Nc3ccc4c(c3)OCO4)CCC2=O)c1. The maximum atomic E-state index is 12.6. The van der Waals surface area contributed by atoms with E-state index in [1.807, 2.05) is 32.0 Å². The number of nitrogens with zero attached hydrogens (tertiary/aromatic N) is 2. The van der Waals surface area contributed by atoms with Gasteiger partial charge in [-0.1, -0.05) is 12.1 Å². The zero-order chi connectivity index (χ0) is 22.8. The van der Waals surface area contributed by atoms with E-state index in [-0.39, 0.29) is 31.3 Å². The van der Waals surface area contributed by atoms with Gasteiger partial charge in [-0.25, -0.2) is 4.79 Å². The number of esters is 1. The summed E-state index contributed by atoms with van der Waals surface area (Å²) in [6, 6.07) is 10.7. The molecule has 2 aliphatic heterocycles. The van der Waals surface area contributed by atoms with Crippen LogP contribution in [0.25, 0.3) is 0 Å². The van der Waals surface area contributed by atoms with Crippen molar-refractivity contribution >= 4 is 34.9 Å². The molecule has 166 valence electrons. The lowest BCUT2D eigenvalue weighted by molar-refractivity contribution is -0.146. The summed E-state index contributed by atoms with van der Waals surface area (Å²) in [7, 11) is 0. The predicted molar refractivity (Wildman–Crippen MR) is 117 cm³/mol. The lowest BCUT2D eigenvalue weighted by Gasteiger charge is -2.25. The Morgan fingerprint density at radius 1 is 1.09 bits per heavy atom. The van der Waals surface area contributed by atoms with E-state index < -0.39 is 18.0 Å². The van der Waals surface area contributed by atoms with Crippen molar-refractivity contribution < 1.29 is 28.6 Å². The Balaban J connectivity index is 1.43. The van der Waals surface area contributed by atoms with Crippen molar-refractivity contribution in [3.05, 3.63) is 47.5 Å². The highest BCUT2D eigenvalue weighted by Crippen LogP contribution is 2.34. The zero-order valence-electron chi connectivity index (χ0n) is 18.0. The van der Waals surface area contributed by atoms with Crippen molar-refractivity contribution in [3.63, 3.8) is 0 Å². The van der Waals surface area contributed by atoms with Gasteiger partial charge in [0.05, 0.1) is 5.69 Å². The van der Waals surface area contributed by atoms with Gasteiger partial charge in [-0.2, -0.15) is 10.1 Å². The molecule has 9 heteroatoms. The second-order valence-electron chi connectivity index (χ2n) is 7.65. The smallest absolute Gasteiger partial charge is 0.355 e. The largest absolute Gasteiger partial charge is 0.454 e. The topological polar surface area (TPSA) is 107 Å². The first-order valence-electron chi connectivity index (χ1n) is 10.2. The molecule has 4 rings (SSSR count). The maximum Gasteiger partial charge on any atom is 0.355 e. The maximum absolute atomic E-state index is 12.6. The number of rotatable bonds is 5. The van der Waals surface area contributed by atoms with Gasteiger partial charge in [0, 0.05) is 24.6 Å². The second-order valence-corrected chi connectivity index (χ2v) is 7.65. The number of nitrogens with one attached hydrogen (secondary N) is 1. The van der Waals surface area contributed by atoms with Gasteiger partial charge >= 0.3 is 5.97 Å². The van der Waals surface area contributed by atoms with E-state index in [0.29, 0.717) is 22.9 Å². The predicted octanol–water partition coefficient (Wildman–Crippen LogP) is 3.09. The molecule has 1 atom stereocenters. The lowest BCUT2D eigenvalue weighted by atomic mass is 10.1. The number of anilines is 2. The number of fused-ring (bicyclic) bond motifs is 1. The number of carbonyl (C=O) groups excluding carboxylic acids is 3. The molecule has 9 nitrogen and oxygen atoms in total. The molecule has 0 fully saturated rings. The highest BCUT2D eigenvalue weighted by atomic mass is 16.7. The number of ether oxygens (including phenoxy) is 3. The third kappa shape index (κ3) is 4.41. The molecule has 2 aliphatic rings. The number of aryl methyl sites for hydroxylation is 2. The molecule has 0 spiro atoms. The van der Waals surface area contributed by atoms with E-state index in [9.17, 15) is 14.4 Å². The molecule has 0 saturated heterocycles. The average molecular weight is 437 g/mol. The number of hydrazone groups is 1. The van der Waals surface area contributed by atoms with Crippen molar-refractivity contribution in [2.45, 2.75) is 39.7 Å². The first-order chi connectivity index (χ1) is 15.3. The molecule has 0 aromatic heterocycles. The van der Waals surface area contributed by atoms with Crippen LogP contribution >= 0.6 is 0 Å². The van der Waals surface area contributed by atoms with Gasteiger partial charge < -0.3 is 19.5 Å². The van der Waals surface area contributed by atoms with Gasteiger partial charge in [0.2, 0.25) is 12.7 Å². The zero-order valence-corrected chi connectivity index (χ0v) is 18.0. The molecule has 0 radical (unpaired) electrons. The van der Waals surface area contributed by atoms with E-state index in [1.54, 1.807) is 18.2 Å². The molecule has 32 heavy (non-hydrogen) atoms. The van der Waals surface area contributed by atoms with Crippen LogP contribution in [0.4, 0.5) is 11.4 Å². The fourth-order valence-corrected chi connectivity index (χ4v) is 3.34. The van der Waals surface area contributed by atoms with Gasteiger partial charge in [0.15, 0.2) is 17.6 Å². The fraction of sp³-hybridized carbons (Fsp3) is 0.304. The summed E-state index contributed by atoms with van der Waals surface area (Å²) >= 11 is 0. The van der Waals surface area contributed by atoms with E-state index in [0.717, 1.165) is 11.1 Å². The summed E-state index contributed by atoms with van der Waals surface area (Å²) in [4.78, 5) is 37.6. The molecule has 2 amide bonds. The molecule has 1 N–H and O–H groups in total. The van der Waals surface area contributed by atoms with Crippen LogP contribution in [-0.4, -0.2) is 36.4 Å². The molecule has 0 aliphatic carbocycles. The lowest BCUT2D eigenvalue weighted by Crippen LogP contribution is -2.38. The number of amides is 2. The Bertz CT molecular complexity index is 1130. The number of benzene rings is 2. The fourth-order valence-electron chi connectivity index (χ4n) is 3.34. The second kappa shape index (κ2) is 8.70. The highest BCUT2D eigenvalue weighted by molar-refractivity contribution is 6.38. The standard InChI is InChI=1S/C23H23N3O6/c1-13-4-5-14(2)18(10-13)26-21(27)9-7-17(25-26)23(29)32-15(3)22(28)24-16-6-8-19-20(11-16)31-12-30-19/h4-6,8,10-11,15H,7,9,12H2,1-3H3,(H,24,28). The van der Waals surface area contributed by atoms with E-state index in [2.05, 4.69) is 10.4 Å². The van der Waals surface area contributed by atoms with Crippen LogP contribution in [0, 0.1) is 13.8 Å². The minimum atomic E-state index is -1.07. The van der Waals surface area contributed by atoms with Gasteiger partial charge in [0.25, 0.3) is 5.91 Å². The van der Waals surface area contributed by atoms with Gasteiger partial charge in [-0.15, -0.1) is 0 Å². The molecule has 2 heterocycles. The van der Waals surface area contributed by atoms with Crippen LogP contribution in [0.2, 0.25) is 0 Å². The summed E-state index contributed by atoms with van der Waals surface area (Å²) in [5, 5.41) is 8.15. The van der Waals surface area contributed by atoms with Crippen LogP contribution in [0.5, 0.6) is 11.5 Å². The van der Waals surface area contributed by atoms with Crippen molar-refractivity contribution in [2.24, 2.45) is 5.10 Å². The first kappa shape index (κ1) is 21.4. The minimum absolute atomic E-state index is 0.0910. The molecule has 0 bridgehead atoms. The minimum Gasteiger partial charge on any atom is -0.454 e. The summed E-state index contributed by atoms with van der Waals surface area (Å²) in [5.41, 5.74) is 3.03. The summed E-state index contributed by atoms with van der Waals surface area (Å²) in [6.45, 7) is 5.38. The van der Waals surface area contributed by atoms with Crippen LogP contribution in [0.1, 0.15) is 30.9 Å². The Morgan fingerprint density at radius 3 is 2.69 bits per heavy atom. The average Bonchev–Trinajstić information content (AvgIpc) is 3.23. The number of hydrogen-bond donors (Lipinski definition) is 1. The van der Waals surface area contributed by atoms with Gasteiger partial charge in [-0.05, 0) is 50.1 Å². The first-order valence-corrected chi connectivity index (χ1v) is 10.2. The summed E-state index contributed by atoms with van der Waals surface area (Å²) in [5.74, 6) is -0.318. The number of carbonyl (C=O) groups is 3. The number of hydrogen-bond acceptors (Lipinski definition) is 7. The normalized spacial score (nSPS) is 15.8. The van der Waals surface area contributed by atoms with Gasteiger partial charge in [0.1, 0.15) is 5.71 Å². The van der Waals surface area contributed by atoms with Crippen molar-refractivity contribution in [3.8, 4) is 11.5 Å². The van der Waals surface area contributed by atoms with Gasteiger partial charge in [-0.3, -0.25) is 9.59 Å². The monoisotopic (exact) mass is 437 g/mol. The third-order valence-electron chi connectivity index (χ3n) is 5.15. The highest BCUT2D eigenvalue weighted by Gasteiger charge is 2.29. The molecule has 1 unspecified atom stereocenters. The quantitative estimate of drug-likeness (QED) is 0.721. The Hall–Kier alpha value is -3.88. The Kier molecular flexibility index (Phi) is 5.81.